The summed E-state index contributed by atoms with van der Waals surface area (Å²) >= 11 is 0. The first-order chi connectivity index (χ1) is 35.5. The van der Waals surface area contributed by atoms with Crippen molar-refractivity contribution < 1.29 is 0 Å². The molecule has 13 aromatic rings. The lowest BCUT2D eigenvalue weighted by molar-refractivity contribution is 0.663. The van der Waals surface area contributed by atoms with E-state index >= 15 is 0 Å². The van der Waals surface area contributed by atoms with Crippen LogP contribution in [-0.2, 0) is 11.8 Å². The van der Waals surface area contributed by atoms with Crippen molar-refractivity contribution in [2.45, 2.75) is 25.7 Å². The van der Waals surface area contributed by atoms with Crippen LogP contribution < -0.4 is 9.80 Å². The topological polar surface area (TPSA) is 6.48 Å². The molecule has 0 amide bonds. The van der Waals surface area contributed by atoms with Crippen LogP contribution in [0.3, 0.4) is 0 Å². The van der Waals surface area contributed by atoms with Gasteiger partial charge in [-0.25, -0.2) is 0 Å². The number of anilines is 6. The molecule has 0 aromatic heterocycles. The van der Waals surface area contributed by atoms with Gasteiger partial charge in [0, 0.05) is 39.7 Å². The predicted octanol–water partition coefficient (Wildman–Crippen LogP) is 19.4. The van der Waals surface area contributed by atoms with Gasteiger partial charge in [-0.05, 0) is 159 Å². The molecule has 0 saturated heterocycles. The molecule has 2 aliphatic carbocycles. The highest BCUT2D eigenvalue weighted by atomic mass is 15.2. The van der Waals surface area contributed by atoms with E-state index in [0.29, 0.717) is 0 Å². The highest BCUT2D eigenvalue weighted by Gasteiger charge is 2.35. The first-order valence-corrected chi connectivity index (χ1v) is 25.3. The Balaban J connectivity index is 0.984. The fourth-order valence-corrected chi connectivity index (χ4v) is 12.8. The first kappa shape index (κ1) is 40.9. The summed E-state index contributed by atoms with van der Waals surface area (Å²) in [7, 11) is 0. The third-order valence-corrected chi connectivity index (χ3v) is 16.1. The summed E-state index contributed by atoms with van der Waals surface area (Å²) in [6, 6.07) is 90.9. The molecule has 338 valence electrons. The Morgan fingerprint density at radius 2 is 0.847 bits per heavy atom. The molecule has 0 spiro atoms. The summed E-state index contributed by atoms with van der Waals surface area (Å²) in [4.78, 5) is 5.07. The number of para-hydroxylation sites is 1. The number of benzene rings is 13. The zero-order valence-electron chi connectivity index (χ0n) is 40.2. The molecule has 15 rings (SSSR count). The quantitative estimate of drug-likeness (QED) is 0.140. The summed E-state index contributed by atoms with van der Waals surface area (Å²) in [6.45, 7) is 4.79. The monoisotopic (exact) mass is 916 g/mol. The molecule has 13 aromatic carbocycles. The van der Waals surface area contributed by atoms with Crippen LogP contribution in [0.5, 0.6) is 0 Å². The lowest BCUT2D eigenvalue weighted by Crippen LogP contribution is -2.17. The van der Waals surface area contributed by atoms with Crippen molar-refractivity contribution in [3.63, 3.8) is 0 Å². The molecule has 2 nitrogen and oxygen atoms in total. The normalized spacial score (nSPS) is 13.2. The van der Waals surface area contributed by atoms with Gasteiger partial charge in [0.1, 0.15) is 0 Å². The Morgan fingerprint density at radius 3 is 1.54 bits per heavy atom. The van der Waals surface area contributed by atoms with E-state index in [4.69, 9.17) is 0 Å². The maximum Gasteiger partial charge on any atom is 0.0540 e. The zero-order valence-corrected chi connectivity index (χ0v) is 40.2. The number of nitrogens with zero attached hydrogens (tertiary/aromatic N) is 2. The van der Waals surface area contributed by atoms with E-state index in [1.165, 1.54) is 115 Å². The molecule has 0 N–H and O–H groups in total. The van der Waals surface area contributed by atoms with Crippen molar-refractivity contribution in [2.24, 2.45) is 0 Å². The van der Waals surface area contributed by atoms with Gasteiger partial charge in [0.2, 0.25) is 0 Å². The molecule has 0 atom stereocenters. The van der Waals surface area contributed by atoms with E-state index in [9.17, 15) is 0 Å². The zero-order chi connectivity index (χ0) is 47.7. The Hall–Kier alpha value is -8.98. The van der Waals surface area contributed by atoms with E-state index in [1.54, 1.807) is 0 Å². The van der Waals surface area contributed by atoms with Gasteiger partial charge in [0.15, 0.2) is 0 Å². The Bertz CT molecular complexity index is 4270. The van der Waals surface area contributed by atoms with Gasteiger partial charge >= 0.3 is 0 Å². The van der Waals surface area contributed by atoms with Crippen LogP contribution in [0.4, 0.5) is 34.1 Å². The van der Waals surface area contributed by atoms with E-state index in [1.807, 2.05) is 0 Å². The van der Waals surface area contributed by atoms with Crippen LogP contribution in [-0.4, -0.2) is 0 Å². The van der Waals surface area contributed by atoms with Gasteiger partial charge in [0.05, 0.1) is 17.1 Å². The standard InChI is InChI=1S/C70H48N2/c1-70(2)61-26-14-21-46-28-29-50-39-55(43-62(70)69(50)68(46)61)71(53-22-10-5-11-23-53)64-36-32-47-31-35-59-65(37-33-48-30-34-58(64)66(47)67(48)59)72(63-27-15-25-57-56-24-13-12-20-49(56)42-60(57)63)54-40-51(44-16-6-3-7-17-44)38-52(41-54)45-18-8-4-9-19-45/h3-41,43H,42H2,1-2H3. The second-order valence-electron chi connectivity index (χ2n) is 20.4. The van der Waals surface area contributed by atoms with Crippen LogP contribution >= 0.6 is 0 Å². The third-order valence-electron chi connectivity index (χ3n) is 16.1. The third kappa shape index (κ3) is 6.02. The highest BCUT2D eigenvalue weighted by molar-refractivity contribution is 6.28. The van der Waals surface area contributed by atoms with E-state index < -0.39 is 0 Å². The minimum absolute atomic E-state index is 0.144. The minimum atomic E-state index is -0.144. The summed E-state index contributed by atoms with van der Waals surface area (Å²) in [6.07, 6.45) is 0.872. The summed E-state index contributed by atoms with van der Waals surface area (Å²) < 4.78 is 0. The largest absolute Gasteiger partial charge is 0.310 e. The molecule has 2 heteroatoms. The van der Waals surface area contributed by atoms with E-state index in [2.05, 4.69) is 266 Å². The molecule has 0 radical (unpaired) electrons. The highest BCUT2D eigenvalue weighted by Crippen LogP contribution is 2.54. The van der Waals surface area contributed by atoms with Crippen LogP contribution in [0.25, 0.3) is 87.2 Å². The van der Waals surface area contributed by atoms with Crippen molar-refractivity contribution in [2.75, 3.05) is 9.80 Å². The van der Waals surface area contributed by atoms with Crippen molar-refractivity contribution in [3.8, 4) is 33.4 Å². The van der Waals surface area contributed by atoms with Crippen molar-refractivity contribution >= 4 is 88.0 Å². The van der Waals surface area contributed by atoms with Gasteiger partial charge < -0.3 is 9.80 Å². The van der Waals surface area contributed by atoms with Gasteiger partial charge in [-0.1, -0.05) is 196 Å². The summed E-state index contributed by atoms with van der Waals surface area (Å²) in [5.41, 5.74) is 19.7. The lowest BCUT2D eigenvalue weighted by Gasteiger charge is -2.31. The van der Waals surface area contributed by atoms with Crippen LogP contribution in [0.1, 0.15) is 36.1 Å². The van der Waals surface area contributed by atoms with Gasteiger partial charge in [-0.15, -0.1) is 0 Å². The fraction of sp³-hybridized carbons (Fsp3) is 0.0571. The molecule has 0 heterocycles. The maximum atomic E-state index is 2.57. The van der Waals surface area contributed by atoms with Crippen molar-refractivity contribution in [3.05, 3.63) is 265 Å². The number of fused-ring (bicyclic) bond motifs is 3. The van der Waals surface area contributed by atoms with Crippen LogP contribution in [0.15, 0.2) is 243 Å². The molecule has 0 bridgehead atoms. The van der Waals surface area contributed by atoms with Crippen LogP contribution in [0.2, 0.25) is 0 Å². The molecule has 0 unspecified atom stereocenters. The Labute approximate surface area is 419 Å². The molecular weight excluding hydrogens is 869 g/mol. The Kier molecular flexibility index (Phi) is 8.80. The average Bonchev–Trinajstić information content (AvgIpc) is 3.93. The smallest absolute Gasteiger partial charge is 0.0540 e. The predicted molar refractivity (Wildman–Crippen MR) is 306 cm³/mol. The number of hydrogen-bond donors (Lipinski definition) is 0. The lowest BCUT2D eigenvalue weighted by atomic mass is 9.81. The molecular formula is C70H48N2. The van der Waals surface area contributed by atoms with E-state index in [-0.39, 0.29) is 5.41 Å². The maximum absolute atomic E-state index is 2.57. The summed E-state index contributed by atoms with van der Waals surface area (Å²) in [5, 5.41) is 12.8. The minimum Gasteiger partial charge on any atom is -0.310 e. The fourth-order valence-electron chi connectivity index (χ4n) is 12.8. The van der Waals surface area contributed by atoms with Crippen molar-refractivity contribution in [1.82, 2.24) is 0 Å². The van der Waals surface area contributed by atoms with Gasteiger partial charge in [0.25, 0.3) is 0 Å². The van der Waals surface area contributed by atoms with Gasteiger partial charge in [-0.2, -0.15) is 0 Å². The second-order valence-corrected chi connectivity index (χ2v) is 20.4. The second kappa shape index (κ2) is 15.5. The molecule has 0 fully saturated rings. The molecule has 72 heavy (non-hydrogen) atoms. The Morgan fingerprint density at radius 1 is 0.319 bits per heavy atom. The molecule has 0 aliphatic heterocycles. The average molecular weight is 917 g/mol. The SMILES string of the molecule is CC1(C)c2cccc3ccc4cc(N(c5ccccc5)c5ccc6ccc7c(N(c8cc(-c9ccccc9)cc(-c9ccccc9)c8)c8cccc9c8Cc8ccccc8-9)ccc8ccc5c6c87)cc1c4c23. The van der Waals surface area contributed by atoms with Crippen LogP contribution in [0, 0.1) is 0 Å². The molecule has 2 aliphatic rings. The van der Waals surface area contributed by atoms with Gasteiger partial charge in [-0.3, -0.25) is 0 Å². The first-order valence-electron chi connectivity index (χ1n) is 25.3. The molecule has 0 saturated carbocycles. The number of hydrogen-bond acceptors (Lipinski definition) is 2. The van der Waals surface area contributed by atoms with E-state index in [0.717, 1.165) is 34.9 Å². The summed E-state index contributed by atoms with van der Waals surface area (Å²) in [5.74, 6) is 0. The number of rotatable bonds is 8. The van der Waals surface area contributed by atoms with Crippen molar-refractivity contribution in [1.29, 1.82) is 0 Å².